The van der Waals surface area contributed by atoms with Crippen molar-refractivity contribution in [2.75, 3.05) is 5.32 Å². The van der Waals surface area contributed by atoms with Crippen LogP contribution in [-0.4, -0.2) is 17.9 Å². The summed E-state index contributed by atoms with van der Waals surface area (Å²) in [5, 5.41) is 5.85. The average Bonchev–Trinajstić information content (AvgIpc) is 3.41. The first kappa shape index (κ1) is 15.3. The van der Waals surface area contributed by atoms with E-state index < -0.39 is 0 Å². The van der Waals surface area contributed by atoms with Crippen LogP contribution in [-0.2, 0) is 0 Å². The van der Waals surface area contributed by atoms with Crippen molar-refractivity contribution in [2.45, 2.75) is 25.8 Å². The molecule has 1 saturated carbocycles. The second-order valence-electron chi connectivity index (χ2n) is 5.97. The van der Waals surface area contributed by atoms with E-state index in [2.05, 4.69) is 10.6 Å². The van der Waals surface area contributed by atoms with Gasteiger partial charge in [0.1, 0.15) is 0 Å². The minimum atomic E-state index is -0.221. The third kappa shape index (κ3) is 3.77. The third-order valence-electron chi connectivity index (χ3n) is 4.14. The lowest BCUT2D eigenvalue weighted by Gasteiger charge is -2.15. The van der Waals surface area contributed by atoms with E-state index >= 15 is 0 Å². The maximum atomic E-state index is 12.5. The molecule has 0 aliphatic heterocycles. The zero-order valence-corrected chi connectivity index (χ0v) is 13.1. The molecule has 0 aromatic heterocycles. The van der Waals surface area contributed by atoms with Crippen LogP contribution >= 0.6 is 0 Å². The van der Waals surface area contributed by atoms with Crippen LogP contribution in [0.25, 0.3) is 0 Å². The number of hydrogen-bond acceptors (Lipinski definition) is 2. The van der Waals surface area contributed by atoms with Gasteiger partial charge in [0.05, 0.1) is 11.3 Å². The second-order valence-corrected chi connectivity index (χ2v) is 5.97. The third-order valence-corrected chi connectivity index (χ3v) is 4.14. The van der Waals surface area contributed by atoms with E-state index in [1.54, 1.807) is 30.3 Å². The van der Waals surface area contributed by atoms with Gasteiger partial charge in [-0.15, -0.1) is 0 Å². The van der Waals surface area contributed by atoms with E-state index in [4.69, 9.17) is 0 Å². The smallest absolute Gasteiger partial charge is 0.255 e. The zero-order chi connectivity index (χ0) is 16.2. The van der Waals surface area contributed by atoms with E-state index in [9.17, 15) is 9.59 Å². The Bertz CT molecular complexity index is 708. The Morgan fingerprint density at radius 2 is 1.61 bits per heavy atom. The van der Waals surface area contributed by atoms with Crippen LogP contribution < -0.4 is 10.6 Å². The summed E-state index contributed by atoms with van der Waals surface area (Å²) in [6, 6.07) is 16.2. The Hall–Kier alpha value is -2.62. The molecule has 3 rings (SSSR count). The van der Waals surface area contributed by atoms with Gasteiger partial charge >= 0.3 is 0 Å². The molecule has 2 aromatic rings. The molecule has 0 saturated heterocycles. The molecular weight excluding hydrogens is 288 g/mol. The predicted octanol–water partition coefficient (Wildman–Crippen LogP) is 3.47. The summed E-state index contributed by atoms with van der Waals surface area (Å²) >= 11 is 0. The fourth-order valence-corrected chi connectivity index (χ4v) is 2.57. The van der Waals surface area contributed by atoms with E-state index in [1.165, 1.54) is 12.8 Å². The van der Waals surface area contributed by atoms with Crippen molar-refractivity contribution in [1.29, 1.82) is 0 Å². The molecule has 1 atom stereocenters. The summed E-state index contributed by atoms with van der Waals surface area (Å²) in [6.07, 6.45) is 2.35. The molecule has 0 spiro atoms. The highest BCUT2D eigenvalue weighted by molar-refractivity contribution is 6.09. The van der Waals surface area contributed by atoms with Gasteiger partial charge < -0.3 is 10.6 Å². The molecule has 4 nitrogen and oxygen atoms in total. The molecule has 1 aliphatic carbocycles. The topological polar surface area (TPSA) is 58.2 Å². The van der Waals surface area contributed by atoms with E-state index in [1.807, 2.05) is 31.2 Å². The monoisotopic (exact) mass is 308 g/mol. The number of rotatable bonds is 5. The lowest BCUT2D eigenvalue weighted by Crippen LogP contribution is -2.34. The number of carbonyl (C=O) groups excluding carboxylic acids is 2. The van der Waals surface area contributed by atoms with Crippen molar-refractivity contribution in [2.24, 2.45) is 5.92 Å². The van der Waals surface area contributed by atoms with Gasteiger partial charge in [0.25, 0.3) is 11.8 Å². The Balaban J connectivity index is 1.75. The van der Waals surface area contributed by atoms with Gasteiger partial charge in [-0.1, -0.05) is 30.3 Å². The van der Waals surface area contributed by atoms with Crippen LogP contribution in [0.15, 0.2) is 54.6 Å². The Morgan fingerprint density at radius 3 is 2.30 bits per heavy atom. The minimum absolute atomic E-state index is 0.145. The first-order valence-electron chi connectivity index (χ1n) is 7.91. The Morgan fingerprint density at radius 1 is 0.957 bits per heavy atom. The molecular formula is C19H20N2O2. The summed E-state index contributed by atoms with van der Waals surface area (Å²) in [5.41, 5.74) is 1.58. The largest absolute Gasteiger partial charge is 0.349 e. The van der Waals surface area contributed by atoms with Crippen LogP contribution in [0.2, 0.25) is 0 Å². The summed E-state index contributed by atoms with van der Waals surface area (Å²) in [5.74, 6) is 0.222. The molecule has 0 heterocycles. The highest BCUT2D eigenvalue weighted by Gasteiger charge is 2.29. The van der Waals surface area contributed by atoms with E-state index in [0.717, 1.165) is 0 Å². The Kier molecular flexibility index (Phi) is 4.42. The fraction of sp³-hybridized carbons (Fsp3) is 0.263. The summed E-state index contributed by atoms with van der Waals surface area (Å²) in [4.78, 5) is 24.8. The number of nitrogens with one attached hydrogen (secondary N) is 2. The van der Waals surface area contributed by atoms with Gasteiger partial charge in [-0.2, -0.15) is 0 Å². The molecule has 23 heavy (non-hydrogen) atoms. The fourth-order valence-electron chi connectivity index (χ4n) is 2.57. The quantitative estimate of drug-likeness (QED) is 0.888. The van der Waals surface area contributed by atoms with Crippen molar-refractivity contribution in [3.63, 3.8) is 0 Å². The summed E-state index contributed by atoms with van der Waals surface area (Å²) in [6.45, 7) is 2.03. The van der Waals surface area contributed by atoms with Crippen molar-refractivity contribution in [3.8, 4) is 0 Å². The van der Waals surface area contributed by atoms with Crippen molar-refractivity contribution in [3.05, 3.63) is 65.7 Å². The van der Waals surface area contributed by atoms with Gasteiger partial charge in [0.15, 0.2) is 0 Å². The maximum absolute atomic E-state index is 12.5. The van der Waals surface area contributed by atoms with Crippen LogP contribution in [0.1, 0.15) is 40.5 Å². The number of benzene rings is 2. The molecule has 1 unspecified atom stereocenters. The molecule has 0 bridgehead atoms. The van der Waals surface area contributed by atoms with E-state index in [0.29, 0.717) is 22.7 Å². The summed E-state index contributed by atoms with van der Waals surface area (Å²) < 4.78 is 0. The maximum Gasteiger partial charge on any atom is 0.255 e. The normalized spacial score (nSPS) is 14.8. The standard InChI is InChI=1S/C19H20N2O2/c1-13(14-11-12-14)20-19(23)16-9-5-6-10-17(16)21-18(22)15-7-3-2-4-8-15/h2-10,13-14H,11-12H2,1H3,(H,20,23)(H,21,22). The molecule has 1 aliphatic rings. The number of amides is 2. The van der Waals surface area contributed by atoms with Crippen LogP contribution in [0.3, 0.4) is 0 Å². The minimum Gasteiger partial charge on any atom is -0.349 e. The number of carbonyl (C=O) groups is 2. The zero-order valence-electron chi connectivity index (χ0n) is 13.1. The van der Waals surface area contributed by atoms with Crippen molar-refractivity contribution >= 4 is 17.5 Å². The van der Waals surface area contributed by atoms with Gasteiger partial charge in [0, 0.05) is 11.6 Å². The molecule has 2 aromatic carbocycles. The average molecular weight is 308 g/mol. The van der Waals surface area contributed by atoms with Gasteiger partial charge in [-0.05, 0) is 49.9 Å². The van der Waals surface area contributed by atoms with Crippen LogP contribution in [0, 0.1) is 5.92 Å². The highest BCUT2D eigenvalue weighted by atomic mass is 16.2. The summed E-state index contributed by atoms with van der Waals surface area (Å²) in [7, 11) is 0. The lowest BCUT2D eigenvalue weighted by molar-refractivity contribution is 0.0936. The highest BCUT2D eigenvalue weighted by Crippen LogP contribution is 2.32. The molecule has 2 amide bonds. The van der Waals surface area contributed by atoms with Crippen molar-refractivity contribution < 1.29 is 9.59 Å². The molecule has 0 radical (unpaired) electrons. The van der Waals surface area contributed by atoms with E-state index in [-0.39, 0.29) is 17.9 Å². The number of hydrogen-bond donors (Lipinski definition) is 2. The molecule has 4 heteroatoms. The SMILES string of the molecule is CC(NC(=O)c1ccccc1NC(=O)c1ccccc1)C1CC1. The molecule has 118 valence electrons. The number of anilines is 1. The first-order chi connectivity index (χ1) is 11.1. The first-order valence-corrected chi connectivity index (χ1v) is 7.91. The molecule has 2 N–H and O–H groups in total. The van der Waals surface area contributed by atoms with Crippen LogP contribution in [0.5, 0.6) is 0 Å². The lowest BCUT2D eigenvalue weighted by atomic mass is 10.1. The van der Waals surface area contributed by atoms with Gasteiger partial charge in [-0.3, -0.25) is 9.59 Å². The van der Waals surface area contributed by atoms with Crippen LogP contribution in [0.4, 0.5) is 5.69 Å². The molecule has 1 fully saturated rings. The predicted molar refractivity (Wildman–Crippen MR) is 90.5 cm³/mol. The number of para-hydroxylation sites is 1. The van der Waals surface area contributed by atoms with Crippen molar-refractivity contribution in [1.82, 2.24) is 5.32 Å². The van der Waals surface area contributed by atoms with Gasteiger partial charge in [0.2, 0.25) is 0 Å². The second kappa shape index (κ2) is 6.65. The van der Waals surface area contributed by atoms with Gasteiger partial charge in [-0.25, -0.2) is 0 Å². The Labute approximate surface area is 135 Å².